The lowest BCUT2D eigenvalue weighted by Gasteiger charge is -2.26. The van der Waals surface area contributed by atoms with Crippen molar-refractivity contribution in [1.82, 2.24) is 37.2 Å². The van der Waals surface area contributed by atoms with E-state index in [9.17, 15) is 48.3 Å². The van der Waals surface area contributed by atoms with Gasteiger partial charge in [-0.25, -0.2) is 0 Å². The molecule has 0 unspecified atom stereocenters. The van der Waals surface area contributed by atoms with Crippen LogP contribution in [-0.2, 0) is 43.2 Å². The van der Waals surface area contributed by atoms with Gasteiger partial charge in [0.05, 0.1) is 31.7 Å². The molecule has 7 amide bonds. The van der Waals surface area contributed by atoms with E-state index < -0.39 is 115 Å². The average molecular weight is 725 g/mol. The summed E-state index contributed by atoms with van der Waals surface area (Å²) < 4.78 is 0. The smallest absolute Gasteiger partial charge is 0.325 e. The first kappa shape index (κ1) is 43.9. The number of aliphatic hydroxyl groups excluding tert-OH is 1. The van der Waals surface area contributed by atoms with Crippen molar-refractivity contribution in [1.29, 1.82) is 0 Å². The van der Waals surface area contributed by atoms with E-state index in [2.05, 4.69) is 49.8 Å². The number of carbonyl (C=O) groups is 9. The molecule has 12 N–H and O–H groups in total. The molecule has 0 bridgehead atoms. The molecule has 20 nitrogen and oxygen atoms in total. The molecule has 0 radical (unpaired) electrons. The summed E-state index contributed by atoms with van der Waals surface area (Å²) in [6.45, 7) is 2.48. The largest absolute Gasteiger partial charge is 0.481 e. The molecule has 0 aliphatic heterocycles. The van der Waals surface area contributed by atoms with Crippen molar-refractivity contribution in [3.05, 3.63) is 0 Å². The molecule has 0 spiro atoms. The third kappa shape index (κ3) is 17.1. The van der Waals surface area contributed by atoms with Gasteiger partial charge in [0.2, 0.25) is 41.4 Å². The van der Waals surface area contributed by atoms with Crippen LogP contribution in [0.3, 0.4) is 0 Å². The van der Waals surface area contributed by atoms with Gasteiger partial charge >= 0.3 is 11.9 Å². The van der Waals surface area contributed by atoms with Crippen LogP contribution < -0.4 is 43.0 Å². The van der Waals surface area contributed by atoms with Gasteiger partial charge in [-0.05, 0) is 39.2 Å². The summed E-state index contributed by atoms with van der Waals surface area (Å²) in [5, 5.41) is 43.7. The van der Waals surface area contributed by atoms with Gasteiger partial charge in [0.1, 0.15) is 30.2 Å². The van der Waals surface area contributed by atoms with E-state index in [1.54, 1.807) is 6.26 Å². The standard InChI is InChI=1S/C26H44N8O12S2/c1-11(21(40)31-12(2)26(45)46)30-18(37)9-28-17(36)8-29-23(42)16(10-47)33-25(44)20(13(3)35)34-24(43)15(5-6-48-4)32-22(41)14(27)7-19(38)39/h11-16,20,35,47H,5-10,27H2,1-4H3,(H,28,36)(H,29,42)(H,30,37)(H,31,40)(H,32,41)(H,33,44)(H,34,43)(H,38,39)(H,45,46)/t11-,12-,13+,14-,15-,16-,20-/m0/s1. The van der Waals surface area contributed by atoms with Crippen molar-refractivity contribution in [2.24, 2.45) is 5.73 Å². The lowest BCUT2D eigenvalue weighted by atomic mass is 10.1. The number of hydrogen-bond acceptors (Lipinski definition) is 13. The number of aliphatic carboxylic acids is 2. The Kier molecular flexibility index (Phi) is 20.5. The maximum atomic E-state index is 13.0. The van der Waals surface area contributed by atoms with Crippen molar-refractivity contribution in [3.8, 4) is 0 Å². The molecule has 0 aromatic heterocycles. The van der Waals surface area contributed by atoms with Gasteiger partial charge in [-0.1, -0.05) is 0 Å². The summed E-state index contributed by atoms with van der Waals surface area (Å²) in [6, 6.07) is -7.98. The van der Waals surface area contributed by atoms with Crippen molar-refractivity contribution >= 4 is 77.7 Å². The molecular formula is C26H44N8O12S2. The molecule has 0 saturated heterocycles. The van der Waals surface area contributed by atoms with Gasteiger partial charge in [0.15, 0.2) is 0 Å². The van der Waals surface area contributed by atoms with E-state index in [1.807, 2.05) is 0 Å². The molecule has 0 aromatic rings. The highest BCUT2D eigenvalue weighted by Gasteiger charge is 2.33. The average Bonchev–Trinajstić information content (AvgIpc) is 3.00. The summed E-state index contributed by atoms with van der Waals surface area (Å²) in [5.74, 6) is -8.60. The first-order valence-electron chi connectivity index (χ1n) is 14.4. The number of carboxylic acids is 2. The van der Waals surface area contributed by atoms with Gasteiger partial charge in [-0.15, -0.1) is 0 Å². The number of nitrogens with two attached hydrogens (primary N) is 1. The van der Waals surface area contributed by atoms with E-state index in [1.165, 1.54) is 32.5 Å². The number of thioether (sulfide) groups is 1. The van der Waals surface area contributed by atoms with Crippen LogP contribution >= 0.6 is 24.4 Å². The molecule has 7 atom stereocenters. The predicted octanol–water partition coefficient (Wildman–Crippen LogP) is -5.37. The number of nitrogens with one attached hydrogen (secondary N) is 7. The Balaban J connectivity index is 5.13. The Bertz CT molecular complexity index is 1190. The zero-order chi connectivity index (χ0) is 37.1. The van der Waals surface area contributed by atoms with Crippen LogP contribution in [0.4, 0.5) is 0 Å². The third-order valence-corrected chi connectivity index (χ3v) is 7.23. The Morgan fingerprint density at radius 3 is 1.81 bits per heavy atom. The van der Waals surface area contributed by atoms with Crippen molar-refractivity contribution < 1.29 is 58.5 Å². The molecule has 0 saturated carbocycles. The minimum absolute atomic E-state index is 0.0680. The van der Waals surface area contributed by atoms with Crippen LogP contribution in [0.1, 0.15) is 33.6 Å². The van der Waals surface area contributed by atoms with Crippen LogP contribution in [0.5, 0.6) is 0 Å². The molecule has 0 fully saturated rings. The van der Waals surface area contributed by atoms with E-state index in [0.717, 1.165) is 0 Å². The maximum Gasteiger partial charge on any atom is 0.325 e. The fourth-order valence-electron chi connectivity index (χ4n) is 3.47. The Labute approximate surface area is 285 Å². The number of amides is 7. The minimum atomic E-state index is -1.62. The van der Waals surface area contributed by atoms with Gasteiger partial charge < -0.3 is 58.3 Å². The second-order valence-electron chi connectivity index (χ2n) is 10.4. The monoisotopic (exact) mass is 724 g/mol. The molecule has 0 rings (SSSR count). The van der Waals surface area contributed by atoms with E-state index in [4.69, 9.17) is 15.9 Å². The highest BCUT2D eigenvalue weighted by molar-refractivity contribution is 7.98. The Morgan fingerprint density at radius 1 is 0.708 bits per heavy atom. The zero-order valence-electron chi connectivity index (χ0n) is 26.7. The van der Waals surface area contributed by atoms with Crippen LogP contribution in [-0.4, -0.2) is 142 Å². The first-order chi connectivity index (χ1) is 22.3. The van der Waals surface area contributed by atoms with Crippen LogP contribution in [0.15, 0.2) is 0 Å². The van der Waals surface area contributed by atoms with Crippen LogP contribution in [0.25, 0.3) is 0 Å². The number of hydrogen-bond donors (Lipinski definition) is 12. The van der Waals surface area contributed by atoms with Gasteiger partial charge in [-0.3, -0.25) is 43.2 Å². The fourth-order valence-corrected chi connectivity index (χ4v) is 4.20. The molecule has 0 aromatic carbocycles. The second kappa shape index (κ2) is 22.4. The number of rotatable bonds is 22. The Hall–Kier alpha value is -4.15. The van der Waals surface area contributed by atoms with Gasteiger partial charge in [0, 0.05) is 5.75 Å². The minimum Gasteiger partial charge on any atom is -0.481 e. The summed E-state index contributed by atoms with van der Waals surface area (Å²) in [6.07, 6.45) is -0.380. The number of thiol groups is 1. The summed E-state index contributed by atoms with van der Waals surface area (Å²) in [7, 11) is 0. The molecule has 272 valence electrons. The second-order valence-corrected chi connectivity index (χ2v) is 11.7. The zero-order valence-corrected chi connectivity index (χ0v) is 28.4. The number of aliphatic hydroxyl groups is 1. The van der Waals surface area contributed by atoms with Gasteiger partial charge in [0.25, 0.3) is 0 Å². The molecule has 0 heterocycles. The van der Waals surface area contributed by atoms with Crippen LogP contribution in [0, 0.1) is 0 Å². The van der Waals surface area contributed by atoms with Gasteiger partial charge in [-0.2, -0.15) is 24.4 Å². The van der Waals surface area contributed by atoms with Crippen LogP contribution in [0.2, 0.25) is 0 Å². The normalized spacial score (nSPS) is 15.1. The quantitative estimate of drug-likeness (QED) is 0.0464. The fraction of sp³-hybridized carbons (Fsp3) is 0.654. The summed E-state index contributed by atoms with van der Waals surface area (Å²) in [5.41, 5.74) is 5.56. The van der Waals surface area contributed by atoms with E-state index in [0.29, 0.717) is 5.75 Å². The lowest BCUT2D eigenvalue weighted by molar-refractivity contribution is -0.141. The number of carbonyl (C=O) groups excluding carboxylic acids is 7. The molecule has 0 aliphatic carbocycles. The molecule has 22 heteroatoms. The van der Waals surface area contributed by atoms with Crippen molar-refractivity contribution in [2.45, 2.75) is 76.0 Å². The molecular weight excluding hydrogens is 680 g/mol. The summed E-state index contributed by atoms with van der Waals surface area (Å²) >= 11 is 5.35. The lowest BCUT2D eigenvalue weighted by Crippen LogP contribution is -2.61. The molecule has 0 aliphatic rings. The predicted molar refractivity (Wildman–Crippen MR) is 173 cm³/mol. The topological polar surface area (TPSA) is 325 Å². The highest BCUT2D eigenvalue weighted by atomic mass is 32.2. The van der Waals surface area contributed by atoms with E-state index in [-0.39, 0.29) is 12.2 Å². The number of carboxylic acid groups (broad SMARTS) is 2. The van der Waals surface area contributed by atoms with E-state index >= 15 is 0 Å². The van der Waals surface area contributed by atoms with Crippen molar-refractivity contribution in [2.75, 3.05) is 30.9 Å². The highest BCUT2D eigenvalue weighted by Crippen LogP contribution is 2.05. The molecule has 48 heavy (non-hydrogen) atoms. The Morgan fingerprint density at radius 2 is 1.29 bits per heavy atom. The summed E-state index contributed by atoms with van der Waals surface area (Å²) in [4.78, 5) is 109. The maximum absolute atomic E-state index is 13.0. The first-order valence-corrected chi connectivity index (χ1v) is 16.4. The van der Waals surface area contributed by atoms with Crippen molar-refractivity contribution in [3.63, 3.8) is 0 Å². The SMILES string of the molecule is CSCC[C@H](NC(=O)[C@@H](N)CC(=O)O)C(=O)N[C@H](C(=O)N[C@@H](CS)C(=O)NCC(=O)NCC(=O)N[C@@H](C)C(=O)N[C@@H](C)C(=O)O)[C@@H](C)O. The third-order valence-electron chi connectivity index (χ3n) is 6.22.